The molecule has 9 heterocycles. The molecule has 16 atom stereocenters. The number of anilines is 3. The number of nitrogen functional groups attached to an aromatic ring is 3. The van der Waals surface area contributed by atoms with E-state index in [0.717, 1.165) is 54.5 Å². The summed E-state index contributed by atoms with van der Waals surface area (Å²) in [6.07, 6.45) is -9.29. The van der Waals surface area contributed by atoms with Crippen LogP contribution in [0.2, 0.25) is 0 Å². The van der Waals surface area contributed by atoms with Crippen molar-refractivity contribution >= 4 is 88.2 Å². The molecule has 0 aromatic carbocycles. The molecular formula is C40H58N16O23P4. The summed E-state index contributed by atoms with van der Waals surface area (Å²) in [4.78, 5) is 114. The number of aryl methyl sites for hydroxylation is 1. The molecule has 15 N–H and O–H groups in total. The number of hydrogen-bond donors (Lipinski definition) is 12. The van der Waals surface area contributed by atoms with E-state index in [0.29, 0.717) is 6.42 Å². The zero-order chi connectivity index (χ0) is 60.1. The number of hydrogen-bond acceptors (Lipinski definition) is 29. The number of unbranched alkanes of at least 4 members (excludes halogenated alkanes) is 3. The topological polar surface area (TPSA) is 565 Å². The molecule has 43 heteroatoms. The van der Waals surface area contributed by atoms with Crippen LogP contribution >= 0.6 is 31.1 Å². The van der Waals surface area contributed by atoms with Gasteiger partial charge in [0.2, 0.25) is 30.4 Å². The van der Waals surface area contributed by atoms with Crippen LogP contribution in [-0.4, -0.2) is 171 Å². The second-order valence-electron chi connectivity index (χ2n) is 19.2. The highest BCUT2D eigenvalue weighted by molar-refractivity contribution is 7.66. The number of phosphoric ester groups is 2. The Kier molecular flexibility index (Phi) is 18.2. The Morgan fingerprint density at radius 1 is 0.735 bits per heavy atom. The smallest absolute Gasteiger partial charge is 0.490 e. The van der Waals surface area contributed by atoms with Gasteiger partial charge in [0.15, 0.2) is 35.1 Å². The number of aliphatic hydroxyl groups is 3. The molecule has 6 aromatic heterocycles. The van der Waals surface area contributed by atoms with Gasteiger partial charge in [-0.1, -0.05) is 26.2 Å². The Balaban J connectivity index is 0.890. The van der Waals surface area contributed by atoms with Crippen molar-refractivity contribution in [1.29, 1.82) is 0 Å². The van der Waals surface area contributed by atoms with Crippen molar-refractivity contribution in [2.45, 2.75) is 106 Å². The fourth-order valence-corrected chi connectivity index (χ4v) is 15.1. The van der Waals surface area contributed by atoms with E-state index in [1.165, 1.54) is 22.5 Å². The second kappa shape index (κ2) is 24.4. The first kappa shape index (κ1) is 61.9. The number of ether oxygens (including phenoxy) is 4. The number of nitrogens with one attached hydrogen (secondary N) is 3. The third-order valence-corrected chi connectivity index (χ3v) is 19.8. The highest BCUT2D eigenvalue weighted by Gasteiger charge is 2.55. The Hall–Kier alpha value is -5.60. The lowest BCUT2D eigenvalue weighted by molar-refractivity contribution is -0.646. The van der Waals surface area contributed by atoms with Crippen LogP contribution in [0.3, 0.4) is 0 Å². The summed E-state index contributed by atoms with van der Waals surface area (Å²) >= 11 is 0. The molecule has 3 saturated heterocycles. The highest BCUT2D eigenvalue weighted by Crippen LogP contribution is 2.68. The quantitative estimate of drug-likeness (QED) is 0.0155. The average molecular weight is 1250 g/mol. The highest BCUT2D eigenvalue weighted by atomic mass is 31.3. The number of nitrogens with two attached hydrogens (primary N) is 3. The van der Waals surface area contributed by atoms with Crippen molar-refractivity contribution in [3.8, 4) is 0 Å². The number of rotatable bonds is 25. The molecule has 0 aliphatic carbocycles. The molecule has 3 fully saturated rings. The number of H-pyrrole nitrogens is 2. The van der Waals surface area contributed by atoms with E-state index in [4.69, 9.17) is 49.7 Å². The number of aliphatic hydroxyl groups excluding tert-OH is 3. The van der Waals surface area contributed by atoms with Crippen molar-refractivity contribution in [1.82, 2.24) is 58.9 Å². The zero-order valence-corrected chi connectivity index (χ0v) is 47.3. The number of aromatic amines is 2. The van der Waals surface area contributed by atoms with Gasteiger partial charge in [0.05, 0.1) is 57.4 Å². The Morgan fingerprint density at radius 3 is 2.00 bits per heavy atom. The number of aromatic nitrogens is 12. The number of carbonyl (C=O) groups is 1. The molecular weight excluding hydrogens is 1200 g/mol. The first-order valence-corrected chi connectivity index (χ1v) is 31.1. The number of amides is 1. The van der Waals surface area contributed by atoms with Crippen LogP contribution in [0, 0.1) is 5.92 Å². The molecule has 3 aliphatic rings. The van der Waals surface area contributed by atoms with Gasteiger partial charge in [-0.3, -0.25) is 42.5 Å². The molecule has 83 heavy (non-hydrogen) atoms. The van der Waals surface area contributed by atoms with Crippen molar-refractivity contribution in [3.05, 3.63) is 46.0 Å². The molecule has 9 rings (SSSR count). The number of methoxy groups -OCH3 is 1. The number of imidazole rings is 3. The molecule has 456 valence electrons. The normalized spacial score (nSPS) is 28.6. The third-order valence-electron chi connectivity index (χ3n) is 13.7. The molecule has 0 radical (unpaired) electrons. The summed E-state index contributed by atoms with van der Waals surface area (Å²) in [5.41, 5.74) is 13.5. The van der Waals surface area contributed by atoms with Gasteiger partial charge >= 0.3 is 29.0 Å². The Morgan fingerprint density at radius 2 is 1.33 bits per heavy atom. The number of phosphoric acid groups is 3. The third kappa shape index (κ3) is 13.1. The van der Waals surface area contributed by atoms with Gasteiger partial charge in [0.1, 0.15) is 50.0 Å². The van der Waals surface area contributed by atoms with Crippen molar-refractivity contribution in [2.75, 3.05) is 50.7 Å². The number of carbonyl (C=O) groups excluding carboxylic acids is 1. The monoisotopic (exact) mass is 1250 g/mol. The molecule has 0 bridgehead atoms. The lowest BCUT2D eigenvalue weighted by Gasteiger charge is -2.35. The van der Waals surface area contributed by atoms with E-state index in [2.05, 4.69) is 53.8 Å². The predicted molar refractivity (Wildman–Crippen MR) is 275 cm³/mol. The van der Waals surface area contributed by atoms with Crippen LogP contribution in [-0.2, 0) is 71.2 Å². The summed E-state index contributed by atoms with van der Waals surface area (Å²) in [6, 6.07) is 0. The molecule has 0 saturated carbocycles. The van der Waals surface area contributed by atoms with Gasteiger partial charge in [-0.2, -0.15) is 23.2 Å². The zero-order valence-electron chi connectivity index (χ0n) is 43.7. The molecule has 39 nitrogen and oxygen atoms in total. The molecule has 4 unspecified atom stereocenters. The lowest BCUT2D eigenvalue weighted by Crippen LogP contribution is -2.40. The number of nitrogens with zero attached hydrogens (tertiary/aromatic N) is 10. The van der Waals surface area contributed by atoms with Gasteiger partial charge < -0.3 is 85.4 Å². The van der Waals surface area contributed by atoms with Gasteiger partial charge in [0.25, 0.3) is 16.7 Å². The Bertz CT molecular complexity index is 3700. The maximum atomic E-state index is 14.4. The van der Waals surface area contributed by atoms with E-state index in [1.807, 2.05) is 6.92 Å². The molecule has 1 amide bonds. The van der Waals surface area contributed by atoms with Crippen LogP contribution in [0.15, 0.2) is 34.9 Å². The maximum Gasteiger partial charge on any atom is 0.490 e. The lowest BCUT2D eigenvalue weighted by atomic mass is 9.94. The second-order valence-corrected chi connectivity index (χ2v) is 25.8. The Labute approximate surface area is 465 Å². The average Bonchev–Trinajstić information content (AvgIpc) is 2.60. The van der Waals surface area contributed by atoms with Gasteiger partial charge in [0, 0.05) is 26.0 Å². The minimum Gasteiger partial charge on any atom is -0.778 e. The van der Waals surface area contributed by atoms with E-state index >= 15 is 0 Å². The van der Waals surface area contributed by atoms with Crippen LogP contribution in [0.4, 0.5) is 17.7 Å². The summed E-state index contributed by atoms with van der Waals surface area (Å²) in [5.74, 6) is -2.56. The summed E-state index contributed by atoms with van der Waals surface area (Å²) < 4.78 is 107. The summed E-state index contributed by atoms with van der Waals surface area (Å²) in [7, 11) is -21.3. The number of fused-ring (bicyclic) bond motifs is 3. The first-order chi connectivity index (χ1) is 39.1. The standard InChI is InChI=1S/C40H58N16O23P4/c1-4-5-6-7-8-44-21(57)9-17-18(75-36(25(17)58)56-16-53(2)24-33(56)50-40(43)52-35(24)62)10-73-81(65,66)78-83(69,70)79-82(67,68)74-12-20-29(28(71-3)38(77-20)54-14-47-22-30(41)45-13-46-31(22)54)80(63,64)72-11-19-26(59)27(60)37(76-19)55-15-48-23-32(55)49-39(42)51-34(23)61/h13-20,25-29,36-38,58-60H,4-12H2,1-3H3,(H12-,41,42,43,44,45,46,49,50,51,52,57,61,62,63,64,65,66,67,68,69,70)/t17-,18-,19-,20-,25-,26-,27-,28-,29-,36-,37-,38-/m1/s1. The molecule has 6 aromatic rings. The predicted octanol–water partition coefficient (Wildman–Crippen LogP) is -2.93. The molecule has 3 aliphatic heterocycles. The van der Waals surface area contributed by atoms with Crippen molar-refractivity contribution < 1.29 is 104 Å². The van der Waals surface area contributed by atoms with Crippen molar-refractivity contribution in [2.24, 2.45) is 13.0 Å². The van der Waals surface area contributed by atoms with E-state index in [1.54, 1.807) is 0 Å². The van der Waals surface area contributed by atoms with Crippen LogP contribution in [0.5, 0.6) is 0 Å². The van der Waals surface area contributed by atoms with Gasteiger partial charge in [-0.05, 0) is 6.42 Å². The fraction of sp³-hybridized carbons (Fsp3) is 0.600. The largest absolute Gasteiger partial charge is 0.778 e. The first-order valence-electron chi connectivity index (χ1n) is 25.0. The van der Waals surface area contributed by atoms with E-state index in [9.17, 15) is 67.5 Å². The fourth-order valence-electron chi connectivity index (χ4n) is 9.88. The summed E-state index contributed by atoms with van der Waals surface area (Å²) in [5, 5.41) is 36.4. The minimum atomic E-state index is -6.27. The maximum absolute atomic E-state index is 14.4. The van der Waals surface area contributed by atoms with E-state index < -0.39 is 147 Å². The summed E-state index contributed by atoms with van der Waals surface area (Å²) in [6.45, 7) is -1.17. The van der Waals surface area contributed by atoms with Gasteiger partial charge in [-0.25, -0.2) is 38.2 Å². The van der Waals surface area contributed by atoms with Crippen LogP contribution in [0.25, 0.3) is 33.5 Å². The minimum absolute atomic E-state index is 0.00625. The molecule has 0 spiro atoms. The van der Waals surface area contributed by atoms with Gasteiger partial charge in [-0.15, -0.1) is 0 Å². The van der Waals surface area contributed by atoms with E-state index in [-0.39, 0.29) is 57.8 Å². The van der Waals surface area contributed by atoms with Crippen molar-refractivity contribution in [3.63, 3.8) is 0 Å². The SMILES string of the molecule is CCCCCCNC(=O)C[C@H]1[C@@H](O)[C@H](n2c[n+](C)c3c(=O)[nH]c(N)nc32)O[C@@H]1COP(=O)(O)OP(=O)(O)OP(=O)(O)OC[C@H]1O[C@@H](n2cnc3c(N)ncnc32)[C@H](OC)[C@@H]1P(=O)([O-])OC[C@H]1O[C@@H](n2cnc3c(=O)[nH]c(N)nc32)[C@H](O)[C@@H]1O. The van der Waals surface area contributed by atoms with Crippen LogP contribution in [0.1, 0.15) is 57.7 Å². The van der Waals surface area contributed by atoms with Crippen LogP contribution < -0.4 is 43.1 Å².